The third-order valence-corrected chi connectivity index (χ3v) is 3.39. The third kappa shape index (κ3) is 4.01. The fourth-order valence-corrected chi connectivity index (χ4v) is 2.36. The first kappa shape index (κ1) is 12.9. The van der Waals surface area contributed by atoms with Crippen LogP contribution in [0.4, 0.5) is 0 Å². The average molecular weight is 240 g/mol. The molecule has 1 aliphatic rings. The third-order valence-electron chi connectivity index (χ3n) is 3.39. The lowest BCUT2D eigenvalue weighted by Gasteiger charge is -2.13. The van der Waals surface area contributed by atoms with Gasteiger partial charge in [-0.3, -0.25) is 0 Å². The summed E-state index contributed by atoms with van der Waals surface area (Å²) in [5.74, 6) is 0. The van der Waals surface area contributed by atoms with Crippen molar-refractivity contribution in [2.45, 2.75) is 38.6 Å². The zero-order valence-electron chi connectivity index (χ0n) is 10.8. The van der Waals surface area contributed by atoms with Gasteiger partial charge in [0.1, 0.15) is 0 Å². The fraction of sp³-hybridized carbons (Fsp3) is 0.438. The molecule has 1 aliphatic carbocycles. The van der Waals surface area contributed by atoms with Gasteiger partial charge < -0.3 is 5.32 Å². The van der Waals surface area contributed by atoms with Crippen LogP contribution in [-0.2, 0) is 6.54 Å². The van der Waals surface area contributed by atoms with Gasteiger partial charge in [0.25, 0.3) is 0 Å². The second kappa shape index (κ2) is 6.98. The predicted molar refractivity (Wildman–Crippen MR) is 74.0 cm³/mol. The summed E-state index contributed by atoms with van der Waals surface area (Å²) < 4.78 is 0. The minimum absolute atomic E-state index is 0.740. The van der Waals surface area contributed by atoms with Gasteiger partial charge in [-0.1, -0.05) is 23.8 Å². The number of hydrogen-bond acceptors (Lipinski definition) is 2. The summed E-state index contributed by atoms with van der Waals surface area (Å²) >= 11 is 0. The summed E-state index contributed by atoms with van der Waals surface area (Å²) in [6, 6.07) is 9.97. The summed E-state index contributed by atoms with van der Waals surface area (Å²) in [4.78, 5) is 0. The monoisotopic (exact) mass is 240 g/mol. The van der Waals surface area contributed by atoms with Crippen molar-refractivity contribution in [3.63, 3.8) is 0 Å². The van der Waals surface area contributed by atoms with Crippen molar-refractivity contribution in [2.75, 3.05) is 6.54 Å². The van der Waals surface area contributed by atoms with Crippen LogP contribution < -0.4 is 5.32 Å². The maximum Gasteiger partial charge on any atom is 0.0991 e. The first-order valence-electron chi connectivity index (χ1n) is 6.76. The largest absolute Gasteiger partial charge is 0.312 e. The Balaban J connectivity index is 1.71. The maximum atomic E-state index is 8.83. The van der Waals surface area contributed by atoms with E-state index < -0.39 is 0 Å². The molecule has 0 atom stereocenters. The van der Waals surface area contributed by atoms with Crippen LogP contribution in [0.3, 0.4) is 0 Å². The number of rotatable bonds is 5. The lowest BCUT2D eigenvalue weighted by Crippen LogP contribution is -2.15. The number of benzene rings is 1. The van der Waals surface area contributed by atoms with Crippen LogP contribution in [0.2, 0.25) is 0 Å². The number of allylic oxidation sites excluding steroid dienone is 1. The van der Waals surface area contributed by atoms with E-state index in [-0.39, 0.29) is 0 Å². The highest BCUT2D eigenvalue weighted by molar-refractivity contribution is 5.32. The molecule has 94 valence electrons. The summed E-state index contributed by atoms with van der Waals surface area (Å²) in [6.45, 7) is 1.88. The lowest BCUT2D eigenvalue weighted by atomic mass is 9.97. The number of hydrogen-bond donors (Lipinski definition) is 1. The van der Waals surface area contributed by atoms with Crippen LogP contribution in [0.1, 0.15) is 43.2 Å². The van der Waals surface area contributed by atoms with Gasteiger partial charge in [0, 0.05) is 6.54 Å². The van der Waals surface area contributed by atoms with E-state index in [0.29, 0.717) is 0 Å². The van der Waals surface area contributed by atoms with Crippen molar-refractivity contribution in [1.29, 1.82) is 5.26 Å². The second-order valence-corrected chi connectivity index (χ2v) is 4.85. The van der Waals surface area contributed by atoms with Gasteiger partial charge in [-0.2, -0.15) is 5.26 Å². The minimum Gasteiger partial charge on any atom is -0.312 e. The van der Waals surface area contributed by atoms with E-state index in [1.54, 1.807) is 5.57 Å². The van der Waals surface area contributed by atoms with Gasteiger partial charge in [0.05, 0.1) is 11.6 Å². The van der Waals surface area contributed by atoms with Crippen LogP contribution in [-0.4, -0.2) is 6.54 Å². The van der Waals surface area contributed by atoms with E-state index in [2.05, 4.69) is 23.5 Å². The van der Waals surface area contributed by atoms with Crippen LogP contribution in [0.25, 0.3) is 0 Å². The van der Waals surface area contributed by atoms with E-state index in [1.807, 2.05) is 18.2 Å². The molecule has 2 rings (SSSR count). The molecule has 0 radical (unpaired) electrons. The van der Waals surface area contributed by atoms with E-state index in [1.165, 1.54) is 31.2 Å². The standard InChI is InChI=1S/C16H20N2/c17-12-15-7-4-8-16(11-15)13-18-10-9-14-5-2-1-3-6-14/h4-5,7-8,11,18H,1-3,6,9-10,13H2. The van der Waals surface area contributed by atoms with Crippen LogP contribution in [0.5, 0.6) is 0 Å². The van der Waals surface area contributed by atoms with Crippen LogP contribution in [0.15, 0.2) is 35.9 Å². The molecule has 0 fully saturated rings. The lowest BCUT2D eigenvalue weighted by molar-refractivity contribution is 0.632. The number of nitrogens with zero attached hydrogens (tertiary/aromatic N) is 1. The summed E-state index contributed by atoms with van der Waals surface area (Å²) in [5, 5.41) is 12.3. The predicted octanol–water partition coefficient (Wildman–Crippen LogP) is 3.54. The van der Waals surface area contributed by atoms with Gasteiger partial charge in [0.2, 0.25) is 0 Å². The molecular formula is C16H20N2. The summed E-state index contributed by atoms with van der Waals surface area (Å²) in [7, 11) is 0. The topological polar surface area (TPSA) is 35.8 Å². The molecule has 1 N–H and O–H groups in total. The van der Waals surface area contributed by atoms with Gasteiger partial charge in [-0.25, -0.2) is 0 Å². The Hall–Kier alpha value is -1.59. The highest BCUT2D eigenvalue weighted by Gasteiger charge is 2.02. The molecule has 0 saturated heterocycles. The normalized spacial score (nSPS) is 14.9. The first-order valence-corrected chi connectivity index (χ1v) is 6.76. The van der Waals surface area contributed by atoms with E-state index in [0.717, 1.165) is 25.1 Å². The summed E-state index contributed by atoms with van der Waals surface area (Å²) in [6.07, 6.45) is 8.83. The molecule has 1 aromatic rings. The van der Waals surface area contributed by atoms with Gasteiger partial charge in [-0.15, -0.1) is 0 Å². The Bertz CT molecular complexity index is 454. The van der Waals surface area contributed by atoms with Crippen molar-refractivity contribution >= 4 is 0 Å². The van der Waals surface area contributed by atoms with Crippen molar-refractivity contribution in [3.8, 4) is 6.07 Å². The fourth-order valence-electron chi connectivity index (χ4n) is 2.36. The Morgan fingerprint density at radius 2 is 2.22 bits per heavy atom. The molecule has 2 nitrogen and oxygen atoms in total. The van der Waals surface area contributed by atoms with Crippen LogP contribution >= 0.6 is 0 Å². The molecule has 0 saturated carbocycles. The quantitative estimate of drug-likeness (QED) is 0.631. The smallest absolute Gasteiger partial charge is 0.0991 e. The van der Waals surface area contributed by atoms with Crippen molar-refractivity contribution in [2.24, 2.45) is 0 Å². The zero-order chi connectivity index (χ0) is 12.6. The SMILES string of the molecule is N#Cc1cccc(CNCCC2=CCCCC2)c1. The van der Waals surface area contributed by atoms with Crippen molar-refractivity contribution in [1.82, 2.24) is 5.32 Å². The minimum atomic E-state index is 0.740. The number of nitrogens with one attached hydrogen (secondary N) is 1. The van der Waals surface area contributed by atoms with E-state index >= 15 is 0 Å². The molecular weight excluding hydrogens is 220 g/mol. The van der Waals surface area contributed by atoms with E-state index in [9.17, 15) is 0 Å². The van der Waals surface area contributed by atoms with Gasteiger partial charge in [-0.05, 0) is 56.3 Å². The van der Waals surface area contributed by atoms with Crippen molar-refractivity contribution < 1.29 is 0 Å². The number of nitriles is 1. The molecule has 0 aliphatic heterocycles. The Kier molecular flexibility index (Phi) is 4.99. The highest BCUT2D eigenvalue weighted by Crippen LogP contribution is 2.19. The molecule has 0 bridgehead atoms. The van der Waals surface area contributed by atoms with Crippen molar-refractivity contribution in [3.05, 3.63) is 47.0 Å². The highest BCUT2D eigenvalue weighted by atomic mass is 14.8. The second-order valence-electron chi connectivity index (χ2n) is 4.85. The average Bonchev–Trinajstić information content (AvgIpc) is 2.45. The van der Waals surface area contributed by atoms with E-state index in [4.69, 9.17) is 5.26 Å². The first-order chi connectivity index (χ1) is 8.88. The molecule has 0 spiro atoms. The summed E-state index contributed by atoms with van der Waals surface area (Å²) in [5.41, 5.74) is 3.54. The molecule has 1 aromatic carbocycles. The Labute approximate surface area is 109 Å². The molecule has 0 unspecified atom stereocenters. The molecule has 0 aromatic heterocycles. The van der Waals surface area contributed by atoms with Gasteiger partial charge >= 0.3 is 0 Å². The molecule has 0 amide bonds. The molecule has 2 heteroatoms. The molecule has 18 heavy (non-hydrogen) atoms. The zero-order valence-corrected chi connectivity index (χ0v) is 10.8. The molecule has 0 heterocycles. The Morgan fingerprint density at radius 3 is 3.00 bits per heavy atom. The Morgan fingerprint density at radius 1 is 1.28 bits per heavy atom. The van der Waals surface area contributed by atoms with Crippen LogP contribution in [0, 0.1) is 11.3 Å². The van der Waals surface area contributed by atoms with Gasteiger partial charge in [0.15, 0.2) is 0 Å². The maximum absolute atomic E-state index is 8.83.